The van der Waals surface area contributed by atoms with Gasteiger partial charge in [0.1, 0.15) is 0 Å². The summed E-state index contributed by atoms with van der Waals surface area (Å²) in [7, 11) is 0. The minimum atomic E-state index is -0.994. The Labute approximate surface area is 116 Å². The van der Waals surface area contributed by atoms with Crippen LogP contribution in [0.5, 0.6) is 0 Å². The Morgan fingerprint density at radius 3 is 3.00 bits per heavy atom. The second kappa shape index (κ2) is 4.79. The summed E-state index contributed by atoms with van der Waals surface area (Å²) in [5, 5.41) is 12.2. The first-order valence-electron chi connectivity index (χ1n) is 6.65. The summed E-state index contributed by atoms with van der Waals surface area (Å²) in [4.78, 5) is 25.7. The number of nitrogens with zero attached hydrogens (tertiary/aromatic N) is 1. The van der Waals surface area contributed by atoms with Crippen molar-refractivity contribution in [2.75, 3.05) is 30.0 Å². The first-order chi connectivity index (χ1) is 9.63. The van der Waals surface area contributed by atoms with Crippen molar-refractivity contribution in [3.05, 3.63) is 23.8 Å². The number of carboxylic acid groups (broad SMARTS) is 1. The summed E-state index contributed by atoms with van der Waals surface area (Å²) >= 11 is 0. The van der Waals surface area contributed by atoms with E-state index in [0.29, 0.717) is 31.1 Å². The molecule has 1 saturated heterocycles. The van der Waals surface area contributed by atoms with Crippen LogP contribution in [0, 0.1) is 5.92 Å². The number of fused-ring (bicyclic) bond motifs is 2. The number of likely N-dealkylation sites (N-methyl/N-ethyl adjacent to an activating group) is 1. The number of amides is 1. The van der Waals surface area contributed by atoms with Gasteiger partial charge >= 0.3 is 5.97 Å². The van der Waals surface area contributed by atoms with Crippen molar-refractivity contribution < 1.29 is 19.4 Å². The Morgan fingerprint density at radius 2 is 2.30 bits per heavy atom. The van der Waals surface area contributed by atoms with E-state index in [-0.39, 0.29) is 23.4 Å². The number of aromatic carboxylic acids is 1. The summed E-state index contributed by atoms with van der Waals surface area (Å²) in [6.07, 6.45) is 0. The lowest BCUT2D eigenvalue weighted by molar-refractivity contribution is -0.120. The minimum absolute atomic E-state index is 0.104. The van der Waals surface area contributed by atoms with Gasteiger partial charge in [-0.3, -0.25) is 4.79 Å². The molecule has 1 fully saturated rings. The number of para-hydroxylation sites is 1. The highest BCUT2D eigenvalue weighted by Crippen LogP contribution is 2.38. The Morgan fingerprint density at radius 1 is 1.50 bits per heavy atom. The van der Waals surface area contributed by atoms with Gasteiger partial charge in [-0.25, -0.2) is 4.79 Å². The number of carboxylic acids is 1. The van der Waals surface area contributed by atoms with Crippen molar-refractivity contribution in [3.63, 3.8) is 0 Å². The molecular weight excluding hydrogens is 260 g/mol. The molecule has 3 rings (SSSR count). The smallest absolute Gasteiger partial charge is 0.337 e. The molecule has 6 heteroatoms. The molecule has 0 bridgehead atoms. The molecule has 106 valence electrons. The molecule has 6 nitrogen and oxygen atoms in total. The molecule has 0 radical (unpaired) electrons. The molecule has 2 N–H and O–H groups in total. The predicted octanol–water partition coefficient (Wildman–Crippen LogP) is 1.18. The minimum Gasteiger partial charge on any atom is -0.478 e. The monoisotopic (exact) mass is 276 g/mol. The van der Waals surface area contributed by atoms with Gasteiger partial charge in [0.05, 0.1) is 42.1 Å². The van der Waals surface area contributed by atoms with Crippen LogP contribution in [-0.2, 0) is 9.53 Å². The topological polar surface area (TPSA) is 78.9 Å². The van der Waals surface area contributed by atoms with Crippen molar-refractivity contribution in [1.82, 2.24) is 0 Å². The largest absolute Gasteiger partial charge is 0.478 e. The quantitative estimate of drug-likeness (QED) is 0.848. The van der Waals surface area contributed by atoms with Crippen molar-refractivity contribution >= 4 is 23.3 Å². The van der Waals surface area contributed by atoms with E-state index in [1.54, 1.807) is 18.2 Å². The molecular formula is C14H16N2O4. The van der Waals surface area contributed by atoms with Crippen LogP contribution in [0.2, 0.25) is 0 Å². The van der Waals surface area contributed by atoms with E-state index in [2.05, 4.69) is 5.32 Å². The molecule has 1 aromatic rings. The van der Waals surface area contributed by atoms with Crippen LogP contribution in [0.1, 0.15) is 17.3 Å². The van der Waals surface area contributed by atoms with E-state index in [1.807, 2.05) is 11.8 Å². The summed E-state index contributed by atoms with van der Waals surface area (Å²) in [5.74, 6) is -1.36. The van der Waals surface area contributed by atoms with E-state index >= 15 is 0 Å². The van der Waals surface area contributed by atoms with Gasteiger partial charge in [0, 0.05) is 6.54 Å². The lowest BCUT2D eigenvalue weighted by Crippen LogP contribution is -2.42. The van der Waals surface area contributed by atoms with Crippen molar-refractivity contribution in [2.24, 2.45) is 5.92 Å². The normalized spacial score (nSPS) is 24.6. The third kappa shape index (κ3) is 1.84. The lowest BCUT2D eigenvalue weighted by Gasteiger charge is -2.31. The van der Waals surface area contributed by atoms with Gasteiger partial charge in [-0.2, -0.15) is 0 Å². The van der Waals surface area contributed by atoms with Crippen LogP contribution in [0.25, 0.3) is 0 Å². The summed E-state index contributed by atoms with van der Waals surface area (Å²) < 4.78 is 5.41. The molecule has 2 aliphatic rings. The maximum atomic E-state index is 12.2. The van der Waals surface area contributed by atoms with Crippen LogP contribution in [-0.4, -0.2) is 42.8 Å². The Balaban J connectivity index is 2.18. The molecule has 2 unspecified atom stereocenters. The Bertz CT molecular complexity index is 572. The number of anilines is 2. The maximum Gasteiger partial charge on any atom is 0.337 e. The fourth-order valence-corrected chi connectivity index (χ4v) is 3.01. The predicted molar refractivity (Wildman–Crippen MR) is 73.1 cm³/mol. The maximum absolute atomic E-state index is 12.2. The highest BCUT2D eigenvalue weighted by Gasteiger charge is 2.42. The van der Waals surface area contributed by atoms with Crippen molar-refractivity contribution in [3.8, 4) is 0 Å². The van der Waals surface area contributed by atoms with E-state index in [1.165, 1.54) is 0 Å². The molecule has 0 aromatic heterocycles. The van der Waals surface area contributed by atoms with Crippen LogP contribution < -0.4 is 10.2 Å². The van der Waals surface area contributed by atoms with Gasteiger partial charge in [-0.05, 0) is 19.1 Å². The first kappa shape index (κ1) is 12.9. The molecule has 2 atom stereocenters. The number of rotatable bonds is 2. The fourth-order valence-electron chi connectivity index (χ4n) is 3.01. The van der Waals surface area contributed by atoms with Gasteiger partial charge in [0.2, 0.25) is 5.91 Å². The average molecular weight is 276 g/mol. The van der Waals surface area contributed by atoms with E-state index in [0.717, 1.165) is 0 Å². The summed E-state index contributed by atoms with van der Waals surface area (Å²) in [5.41, 5.74) is 1.34. The summed E-state index contributed by atoms with van der Waals surface area (Å²) in [6.45, 7) is 3.40. The molecule has 0 saturated carbocycles. The van der Waals surface area contributed by atoms with Gasteiger partial charge < -0.3 is 20.1 Å². The number of carbonyl (C=O) groups is 2. The van der Waals surface area contributed by atoms with E-state index < -0.39 is 5.97 Å². The number of ether oxygens (including phenoxy) is 1. The number of benzene rings is 1. The molecule has 20 heavy (non-hydrogen) atoms. The lowest BCUT2D eigenvalue weighted by atomic mass is 10.0. The third-order valence-electron chi connectivity index (χ3n) is 3.94. The number of nitrogens with one attached hydrogen (secondary N) is 1. The molecule has 1 aromatic carbocycles. The van der Waals surface area contributed by atoms with Crippen LogP contribution >= 0.6 is 0 Å². The second-order valence-electron chi connectivity index (χ2n) is 4.99. The van der Waals surface area contributed by atoms with Gasteiger partial charge in [0.25, 0.3) is 0 Å². The highest BCUT2D eigenvalue weighted by molar-refractivity contribution is 6.05. The van der Waals surface area contributed by atoms with Crippen LogP contribution in [0.4, 0.5) is 11.4 Å². The zero-order valence-corrected chi connectivity index (χ0v) is 11.1. The SMILES string of the molecule is CCN1c2c(cccc2C(=O)O)NC(=O)C2COCC21. The first-order valence-corrected chi connectivity index (χ1v) is 6.65. The average Bonchev–Trinajstić information content (AvgIpc) is 2.86. The number of carbonyl (C=O) groups excluding carboxylic acids is 1. The van der Waals surface area contributed by atoms with Gasteiger partial charge in [-0.1, -0.05) is 6.07 Å². The molecule has 2 heterocycles. The number of hydrogen-bond acceptors (Lipinski definition) is 4. The van der Waals surface area contributed by atoms with E-state index in [4.69, 9.17) is 4.74 Å². The summed E-state index contributed by atoms with van der Waals surface area (Å²) in [6, 6.07) is 4.84. The molecule has 0 aliphatic carbocycles. The van der Waals surface area contributed by atoms with Crippen molar-refractivity contribution in [2.45, 2.75) is 13.0 Å². The number of hydrogen-bond donors (Lipinski definition) is 2. The van der Waals surface area contributed by atoms with Gasteiger partial charge in [0.15, 0.2) is 0 Å². The third-order valence-corrected chi connectivity index (χ3v) is 3.94. The second-order valence-corrected chi connectivity index (χ2v) is 4.99. The van der Waals surface area contributed by atoms with Crippen molar-refractivity contribution in [1.29, 1.82) is 0 Å². The Kier molecular flexibility index (Phi) is 3.10. The zero-order chi connectivity index (χ0) is 14.3. The molecule has 1 amide bonds. The van der Waals surface area contributed by atoms with Gasteiger partial charge in [-0.15, -0.1) is 0 Å². The van der Waals surface area contributed by atoms with E-state index in [9.17, 15) is 14.7 Å². The van der Waals surface area contributed by atoms with Crippen LogP contribution in [0.15, 0.2) is 18.2 Å². The highest BCUT2D eigenvalue weighted by atomic mass is 16.5. The molecule has 2 aliphatic heterocycles. The standard InChI is InChI=1S/C14H16N2O4/c1-2-16-11-7-20-6-9(11)13(17)15-10-5-3-4-8(12(10)16)14(18)19/h3-5,9,11H,2,6-7H2,1H3,(H,15,17)(H,18,19). The van der Waals surface area contributed by atoms with Crippen LogP contribution in [0.3, 0.4) is 0 Å². The molecule has 0 spiro atoms. The fraction of sp³-hybridized carbons (Fsp3) is 0.429. The zero-order valence-electron chi connectivity index (χ0n) is 11.1. The Hall–Kier alpha value is -2.08.